The monoisotopic (exact) mass is 238 g/mol. The number of halogens is 1. The van der Waals surface area contributed by atoms with E-state index in [0.29, 0.717) is 12.8 Å². The first-order valence-electron chi connectivity index (χ1n) is 5.15. The van der Waals surface area contributed by atoms with E-state index in [1.807, 2.05) is 0 Å². The Bertz CT molecular complexity index is 476. The van der Waals surface area contributed by atoms with Crippen LogP contribution in [0.15, 0.2) is 18.2 Å². The number of carbonyl (C=O) groups excluding carboxylic acids is 2. The van der Waals surface area contributed by atoms with Crippen LogP contribution in [-0.4, -0.2) is 23.0 Å². The summed E-state index contributed by atoms with van der Waals surface area (Å²) in [5.41, 5.74) is -0.0195. The third kappa shape index (κ3) is 2.52. The van der Waals surface area contributed by atoms with E-state index in [9.17, 15) is 14.0 Å². The summed E-state index contributed by atoms with van der Waals surface area (Å²) in [7, 11) is 0. The van der Waals surface area contributed by atoms with Gasteiger partial charge in [-0.25, -0.2) is 4.39 Å². The van der Waals surface area contributed by atoms with E-state index < -0.39 is 17.8 Å². The average Bonchev–Trinajstić information content (AvgIpc) is 2.69. The van der Waals surface area contributed by atoms with Crippen LogP contribution in [0.4, 0.5) is 10.1 Å². The summed E-state index contributed by atoms with van der Waals surface area (Å²) in [5.74, 6) is -1.57. The van der Waals surface area contributed by atoms with E-state index in [2.05, 4.69) is 10.6 Å². The number of rotatable bonds is 2. The molecule has 0 saturated carbocycles. The van der Waals surface area contributed by atoms with Crippen LogP contribution in [0.3, 0.4) is 0 Å². The molecule has 1 aromatic rings. The fourth-order valence-electron chi connectivity index (χ4n) is 1.64. The average molecular weight is 238 g/mol. The molecule has 0 radical (unpaired) electrons. The topological polar surface area (TPSA) is 78.4 Å². The van der Waals surface area contributed by atoms with Crippen LogP contribution in [0, 0.1) is 5.82 Å². The Morgan fingerprint density at radius 3 is 2.88 bits per heavy atom. The lowest BCUT2D eigenvalue weighted by Crippen LogP contribution is -2.37. The molecule has 1 heterocycles. The molecule has 2 rings (SSSR count). The van der Waals surface area contributed by atoms with E-state index in [1.54, 1.807) is 0 Å². The van der Waals surface area contributed by atoms with Crippen LogP contribution in [0.5, 0.6) is 5.75 Å². The fourth-order valence-corrected chi connectivity index (χ4v) is 1.64. The number of phenolic OH excluding ortho intramolecular Hbond substituents is 1. The summed E-state index contributed by atoms with van der Waals surface area (Å²) < 4.78 is 13.3. The Hall–Kier alpha value is -2.11. The predicted molar refractivity (Wildman–Crippen MR) is 57.9 cm³/mol. The number of nitrogens with one attached hydrogen (secondary N) is 2. The molecule has 1 saturated heterocycles. The number of hydrogen-bond acceptors (Lipinski definition) is 3. The lowest BCUT2D eigenvalue weighted by Gasteiger charge is -2.11. The number of aromatic hydroxyl groups is 1. The summed E-state index contributed by atoms with van der Waals surface area (Å²) in [5, 5.41) is 13.9. The highest BCUT2D eigenvalue weighted by atomic mass is 19.1. The van der Waals surface area contributed by atoms with E-state index >= 15 is 0 Å². The Morgan fingerprint density at radius 2 is 2.29 bits per heavy atom. The normalized spacial score (nSPS) is 18.9. The summed E-state index contributed by atoms with van der Waals surface area (Å²) in [6.45, 7) is 0. The first kappa shape index (κ1) is 11.4. The number of benzene rings is 1. The predicted octanol–water partition coefficient (Wildman–Crippen LogP) is 0.748. The summed E-state index contributed by atoms with van der Waals surface area (Å²) in [6.07, 6.45) is 0.709. The van der Waals surface area contributed by atoms with Gasteiger partial charge in [0.25, 0.3) is 0 Å². The second-order valence-corrected chi connectivity index (χ2v) is 3.81. The molecule has 0 bridgehead atoms. The van der Waals surface area contributed by atoms with Crippen molar-refractivity contribution in [3.63, 3.8) is 0 Å². The van der Waals surface area contributed by atoms with Crippen molar-refractivity contribution in [3.05, 3.63) is 24.0 Å². The van der Waals surface area contributed by atoms with Gasteiger partial charge in [0, 0.05) is 12.5 Å². The number of anilines is 1. The van der Waals surface area contributed by atoms with Crippen molar-refractivity contribution >= 4 is 17.5 Å². The summed E-state index contributed by atoms with van der Waals surface area (Å²) in [4.78, 5) is 22.6. The lowest BCUT2D eigenvalue weighted by molar-refractivity contribution is -0.122. The van der Waals surface area contributed by atoms with Gasteiger partial charge in [0.15, 0.2) is 0 Å². The zero-order valence-electron chi connectivity index (χ0n) is 8.87. The zero-order chi connectivity index (χ0) is 12.4. The molecule has 5 nitrogen and oxygen atoms in total. The van der Waals surface area contributed by atoms with Gasteiger partial charge >= 0.3 is 0 Å². The minimum absolute atomic E-state index is 0.0195. The van der Waals surface area contributed by atoms with Crippen LogP contribution in [0.2, 0.25) is 0 Å². The molecule has 90 valence electrons. The molecule has 6 heteroatoms. The molecule has 1 aliphatic heterocycles. The first-order valence-corrected chi connectivity index (χ1v) is 5.15. The number of hydrogen-bond donors (Lipinski definition) is 3. The lowest BCUT2D eigenvalue weighted by atomic mass is 10.2. The smallest absolute Gasteiger partial charge is 0.247 e. The van der Waals surface area contributed by atoms with Crippen LogP contribution in [-0.2, 0) is 9.59 Å². The maximum absolute atomic E-state index is 13.3. The van der Waals surface area contributed by atoms with Gasteiger partial charge in [0.1, 0.15) is 17.6 Å². The highest BCUT2D eigenvalue weighted by Gasteiger charge is 2.27. The van der Waals surface area contributed by atoms with E-state index in [0.717, 1.165) is 6.07 Å². The number of carbonyl (C=O) groups is 2. The Balaban J connectivity index is 2.05. The van der Waals surface area contributed by atoms with E-state index in [4.69, 9.17) is 5.11 Å². The van der Waals surface area contributed by atoms with Gasteiger partial charge in [0.05, 0.1) is 5.69 Å². The van der Waals surface area contributed by atoms with E-state index in [1.165, 1.54) is 12.1 Å². The molecule has 0 aliphatic carbocycles. The standard InChI is InChI=1S/C11H11FN2O3/c12-7-5-6(15)1-2-8(7)14-11(17)9-3-4-10(16)13-9/h1-2,5,9,15H,3-4H2,(H,13,16)(H,14,17). The second-order valence-electron chi connectivity index (χ2n) is 3.81. The maximum Gasteiger partial charge on any atom is 0.247 e. The van der Waals surface area contributed by atoms with Crippen molar-refractivity contribution in [1.29, 1.82) is 0 Å². The van der Waals surface area contributed by atoms with Crippen molar-refractivity contribution in [2.24, 2.45) is 0 Å². The number of amides is 2. The Morgan fingerprint density at radius 1 is 1.53 bits per heavy atom. The van der Waals surface area contributed by atoms with Gasteiger partial charge in [-0.15, -0.1) is 0 Å². The maximum atomic E-state index is 13.3. The molecule has 1 unspecified atom stereocenters. The third-order valence-corrected chi connectivity index (χ3v) is 2.52. The minimum Gasteiger partial charge on any atom is -0.508 e. The molecule has 1 aromatic carbocycles. The quantitative estimate of drug-likeness (QED) is 0.665. The molecule has 1 fully saturated rings. The molecular formula is C11H11FN2O3. The van der Waals surface area contributed by atoms with Gasteiger partial charge in [-0.3, -0.25) is 9.59 Å². The zero-order valence-corrected chi connectivity index (χ0v) is 8.87. The number of phenols is 1. The van der Waals surface area contributed by atoms with Crippen molar-refractivity contribution in [1.82, 2.24) is 5.32 Å². The van der Waals surface area contributed by atoms with Crippen LogP contribution >= 0.6 is 0 Å². The van der Waals surface area contributed by atoms with Crippen LogP contribution in [0.1, 0.15) is 12.8 Å². The van der Waals surface area contributed by atoms with Crippen molar-refractivity contribution in [3.8, 4) is 5.75 Å². The minimum atomic E-state index is -0.720. The Labute approximate surface area is 96.6 Å². The fraction of sp³-hybridized carbons (Fsp3) is 0.273. The van der Waals surface area contributed by atoms with Gasteiger partial charge in [-0.05, 0) is 18.6 Å². The Kier molecular flexibility index (Phi) is 2.95. The second kappa shape index (κ2) is 4.40. The molecule has 0 aromatic heterocycles. The molecular weight excluding hydrogens is 227 g/mol. The first-order chi connectivity index (χ1) is 8.06. The molecule has 0 spiro atoms. The van der Waals surface area contributed by atoms with Gasteiger partial charge in [-0.2, -0.15) is 0 Å². The van der Waals surface area contributed by atoms with Crippen LogP contribution in [0.25, 0.3) is 0 Å². The SMILES string of the molecule is O=C1CCC(C(=O)Nc2ccc(O)cc2F)N1. The molecule has 1 atom stereocenters. The van der Waals surface area contributed by atoms with Gasteiger partial charge in [-0.1, -0.05) is 0 Å². The van der Waals surface area contributed by atoms with Gasteiger partial charge < -0.3 is 15.7 Å². The summed E-state index contributed by atoms with van der Waals surface area (Å²) in [6, 6.07) is 2.82. The van der Waals surface area contributed by atoms with Crippen molar-refractivity contribution < 1.29 is 19.1 Å². The van der Waals surface area contributed by atoms with Crippen LogP contribution < -0.4 is 10.6 Å². The molecule has 1 aliphatic rings. The van der Waals surface area contributed by atoms with Crippen molar-refractivity contribution in [2.45, 2.75) is 18.9 Å². The van der Waals surface area contributed by atoms with E-state index in [-0.39, 0.29) is 17.3 Å². The van der Waals surface area contributed by atoms with Gasteiger partial charge in [0.2, 0.25) is 11.8 Å². The molecule has 3 N–H and O–H groups in total. The summed E-state index contributed by atoms with van der Waals surface area (Å²) >= 11 is 0. The third-order valence-electron chi connectivity index (χ3n) is 2.52. The highest BCUT2D eigenvalue weighted by molar-refractivity contribution is 5.99. The highest BCUT2D eigenvalue weighted by Crippen LogP contribution is 2.20. The molecule has 17 heavy (non-hydrogen) atoms. The largest absolute Gasteiger partial charge is 0.508 e. The molecule has 2 amide bonds. The van der Waals surface area contributed by atoms with Crippen molar-refractivity contribution in [2.75, 3.05) is 5.32 Å².